The summed E-state index contributed by atoms with van der Waals surface area (Å²) < 4.78 is 0. The Morgan fingerprint density at radius 2 is 1.97 bits per heavy atom. The van der Waals surface area contributed by atoms with Crippen molar-refractivity contribution >= 4 is 28.3 Å². The molecule has 3 aromatic rings. The van der Waals surface area contributed by atoms with Gasteiger partial charge in [-0.2, -0.15) is 0 Å². The minimum Gasteiger partial charge on any atom is -0.858 e. The molecule has 0 radical (unpaired) electrons. The molecule has 2 N–H and O–H groups in total. The van der Waals surface area contributed by atoms with Crippen LogP contribution in [0.2, 0.25) is 5.15 Å². The van der Waals surface area contributed by atoms with Crippen molar-refractivity contribution in [2.75, 3.05) is 7.05 Å². The Morgan fingerprint density at radius 1 is 1.19 bits per heavy atom. The summed E-state index contributed by atoms with van der Waals surface area (Å²) in [6.07, 6.45) is 5.31. The van der Waals surface area contributed by atoms with Crippen molar-refractivity contribution in [3.05, 3.63) is 76.1 Å². The van der Waals surface area contributed by atoms with E-state index in [1.807, 2.05) is 31.3 Å². The minimum atomic E-state index is -0.537. The van der Waals surface area contributed by atoms with E-state index >= 15 is 0 Å². The van der Waals surface area contributed by atoms with Crippen molar-refractivity contribution in [1.82, 2.24) is 10.3 Å². The highest BCUT2D eigenvalue weighted by Gasteiger charge is 2.22. The summed E-state index contributed by atoms with van der Waals surface area (Å²) in [5.41, 5.74) is 3.61. The van der Waals surface area contributed by atoms with E-state index in [1.165, 1.54) is 0 Å². The highest BCUT2D eigenvalue weighted by molar-refractivity contribution is 6.29. The number of nitrogens with one attached hydrogen (secondary N) is 1. The van der Waals surface area contributed by atoms with Crippen LogP contribution in [0, 0.1) is 0 Å². The van der Waals surface area contributed by atoms with Crippen molar-refractivity contribution in [2.45, 2.75) is 50.8 Å². The zero-order chi connectivity index (χ0) is 21.8. The van der Waals surface area contributed by atoms with Gasteiger partial charge < -0.3 is 15.5 Å². The van der Waals surface area contributed by atoms with Gasteiger partial charge >= 0.3 is 0 Å². The first-order chi connectivity index (χ1) is 15.1. The highest BCUT2D eigenvalue weighted by atomic mass is 35.5. The third-order valence-corrected chi connectivity index (χ3v) is 6.21. The topological polar surface area (TPSA) is 80.6 Å². The van der Waals surface area contributed by atoms with Crippen LogP contribution in [-0.2, 0) is 13.0 Å². The van der Waals surface area contributed by atoms with Gasteiger partial charge in [0, 0.05) is 12.7 Å². The molecule has 1 aromatic heterocycles. The predicted molar refractivity (Wildman–Crippen MR) is 124 cm³/mol. The van der Waals surface area contributed by atoms with Crippen LogP contribution in [-0.4, -0.2) is 35.2 Å². The molecular formula is C25H27ClN3O2-. The molecular weight excluding hydrogens is 410 g/mol. The molecule has 6 heteroatoms. The van der Waals surface area contributed by atoms with Gasteiger partial charge in [0.25, 0.3) is 0 Å². The van der Waals surface area contributed by atoms with E-state index in [0.29, 0.717) is 30.1 Å². The lowest BCUT2D eigenvalue weighted by molar-refractivity contribution is -0.214. The lowest BCUT2D eigenvalue weighted by Crippen LogP contribution is -2.32. The molecule has 0 unspecified atom stereocenters. The minimum absolute atomic E-state index is 0.252. The molecule has 0 aliphatic heterocycles. The number of rotatable bonds is 6. The zero-order valence-corrected chi connectivity index (χ0v) is 18.4. The molecule has 4 rings (SSSR count). The molecule has 1 heterocycles. The molecule has 1 aliphatic carbocycles. The Hall–Kier alpha value is -2.47. The van der Waals surface area contributed by atoms with Gasteiger partial charge in [-0.25, -0.2) is 4.98 Å². The van der Waals surface area contributed by atoms with Gasteiger partial charge in [0.1, 0.15) is 5.15 Å². The number of aromatic nitrogens is 1. The van der Waals surface area contributed by atoms with Crippen LogP contribution < -0.4 is 10.4 Å². The third-order valence-electron chi connectivity index (χ3n) is 5.99. The molecule has 1 aliphatic rings. The van der Waals surface area contributed by atoms with Crippen molar-refractivity contribution in [2.24, 2.45) is 4.99 Å². The second-order valence-electron chi connectivity index (χ2n) is 8.16. The van der Waals surface area contributed by atoms with Crippen molar-refractivity contribution in [3.8, 4) is 0 Å². The van der Waals surface area contributed by atoms with Crippen LogP contribution in [0.15, 0.2) is 53.7 Å². The van der Waals surface area contributed by atoms with Gasteiger partial charge in [0.15, 0.2) is 0 Å². The van der Waals surface area contributed by atoms with Crippen molar-refractivity contribution in [1.29, 1.82) is 0 Å². The molecule has 2 aromatic carbocycles. The largest absolute Gasteiger partial charge is 0.858 e. The third kappa shape index (κ3) is 4.90. The average Bonchev–Trinajstić information content (AvgIpc) is 2.78. The molecule has 162 valence electrons. The van der Waals surface area contributed by atoms with Crippen molar-refractivity contribution in [3.63, 3.8) is 0 Å². The van der Waals surface area contributed by atoms with Crippen LogP contribution in [0.3, 0.4) is 0 Å². The van der Waals surface area contributed by atoms with E-state index in [9.17, 15) is 10.2 Å². The van der Waals surface area contributed by atoms with E-state index in [0.717, 1.165) is 46.7 Å². The Balaban J connectivity index is 1.82. The zero-order valence-electron chi connectivity index (χ0n) is 17.6. The normalized spacial score (nSPS) is 19.6. The van der Waals surface area contributed by atoms with Gasteiger partial charge in [-0.05, 0) is 77.4 Å². The van der Waals surface area contributed by atoms with E-state index in [-0.39, 0.29) is 11.9 Å². The maximum absolute atomic E-state index is 13.3. The van der Waals surface area contributed by atoms with Crippen molar-refractivity contribution < 1.29 is 10.2 Å². The number of pyridine rings is 1. The standard InChI is InChI=1S/C25H28ClN3O2/c1-27-15-21-19-7-3-2-6-18(19)17(12-16-10-11-24(26)28-14-16)13-20(21)25(31)29-22-8-4-5-9-23(22)30/h2-3,6-7,10-11,13-14,22-23,27,30H,4-5,8-9,12,15H2,1H3,(H,29,31)/p-1/t22-,23-/m0/s1. The first-order valence-corrected chi connectivity index (χ1v) is 11.2. The van der Waals surface area contributed by atoms with Crippen LogP contribution in [0.1, 0.15) is 47.9 Å². The summed E-state index contributed by atoms with van der Waals surface area (Å²) in [6.45, 7) is 0.563. The first kappa shape index (κ1) is 21.8. The van der Waals surface area contributed by atoms with Gasteiger partial charge in [-0.3, -0.25) is 4.99 Å². The average molecular weight is 437 g/mol. The maximum Gasteiger partial charge on any atom is 0.129 e. The molecule has 0 bridgehead atoms. The quantitative estimate of drug-likeness (QED) is 0.351. The number of hydrogen-bond donors (Lipinski definition) is 2. The smallest absolute Gasteiger partial charge is 0.129 e. The Bertz CT molecular complexity index is 1080. The second kappa shape index (κ2) is 9.77. The fraction of sp³-hybridized carbons (Fsp3) is 0.360. The summed E-state index contributed by atoms with van der Waals surface area (Å²) in [7, 11) is 1.87. The van der Waals surface area contributed by atoms with E-state index < -0.39 is 6.10 Å². The predicted octanol–water partition coefficient (Wildman–Crippen LogP) is 3.61. The second-order valence-corrected chi connectivity index (χ2v) is 8.54. The highest BCUT2D eigenvalue weighted by Crippen LogP contribution is 2.29. The Morgan fingerprint density at radius 3 is 2.68 bits per heavy atom. The van der Waals surface area contributed by atoms with E-state index in [2.05, 4.69) is 27.4 Å². The van der Waals surface area contributed by atoms with E-state index in [4.69, 9.17) is 11.6 Å². The Kier molecular flexibility index (Phi) is 6.86. The number of halogens is 1. The lowest BCUT2D eigenvalue weighted by Gasteiger charge is -2.28. The number of fused-ring (bicyclic) bond motifs is 1. The molecule has 0 saturated heterocycles. The van der Waals surface area contributed by atoms with Crippen LogP contribution in [0.25, 0.3) is 10.8 Å². The number of hydrogen-bond acceptors (Lipinski definition) is 5. The summed E-state index contributed by atoms with van der Waals surface area (Å²) in [6, 6.07) is 13.5. The van der Waals surface area contributed by atoms with Crippen LogP contribution in [0.4, 0.5) is 0 Å². The molecule has 1 saturated carbocycles. The monoisotopic (exact) mass is 436 g/mol. The van der Waals surface area contributed by atoms with Gasteiger partial charge in [0.2, 0.25) is 0 Å². The molecule has 31 heavy (non-hydrogen) atoms. The first-order valence-electron chi connectivity index (χ1n) is 10.8. The molecule has 0 spiro atoms. The van der Waals surface area contributed by atoms with Gasteiger partial charge in [-0.15, -0.1) is 0 Å². The van der Waals surface area contributed by atoms with Crippen LogP contribution >= 0.6 is 11.6 Å². The van der Waals surface area contributed by atoms with Gasteiger partial charge in [-0.1, -0.05) is 54.8 Å². The number of aliphatic hydroxyl groups is 1. The summed E-state index contributed by atoms with van der Waals surface area (Å²) in [5.74, 6) is -0.252. The SMILES string of the molecule is CNCc1c(C([O-])=N[C@H]2CCCC[C@@H]2O)cc(Cc2ccc(Cl)nc2)c2ccccc12. The number of benzene rings is 2. The molecule has 0 amide bonds. The van der Waals surface area contributed by atoms with Crippen LogP contribution in [0.5, 0.6) is 0 Å². The fourth-order valence-electron chi connectivity index (χ4n) is 4.41. The fourth-order valence-corrected chi connectivity index (χ4v) is 4.52. The van der Waals surface area contributed by atoms with Gasteiger partial charge in [0.05, 0.1) is 12.1 Å². The number of nitrogens with zero attached hydrogens (tertiary/aromatic N) is 2. The maximum atomic E-state index is 13.3. The summed E-state index contributed by atoms with van der Waals surface area (Å²) in [5, 5.41) is 29.4. The Labute approximate surface area is 187 Å². The lowest BCUT2D eigenvalue weighted by atomic mass is 9.90. The molecule has 2 atom stereocenters. The van der Waals surface area contributed by atoms with E-state index in [1.54, 1.807) is 12.3 Å². The number of aliphatic imine (C=N–C) groups is 1. The summed E-state index contributed by atoms with van der Waals surface area (Å²) >= 11 is 5.94. The number of aliphatic hydroxyl groups excluding tert-OH is 1. The summed E-state index contributed by atoms with van der Waals surface area (Å²) in [4.78, 5) is 8.64. The molecule has 1 fully saturated rings. The molecule has 5 nitrogen and oxygen atoms in total.